The fourth-order valence-electron chi connectivity index (χ4n) is 4.24. The number of anilines is 2. The van der Waals surface area contributed by atoms with Gasteiger partial charge in [-0.25, -0.2) is 0 Å². The first-order valence-electron chi connectivity index (χ1n) is 11.6. The maximum Gasteiger partial charge on any atom is 0.432 e. The van der Waals surface area contributed by atoms with E-state index in [9.17, 15) is 22.8 Å². The quantitative estimate of drug-likeness (QED) is 0.400. The van der Waals surface area contributed by atoms with Crippen molar-refractivity contribution < 1.29 is 22.8 Å². The molecule has 0 saturated heterocycles. The number of alkyl halides is 3. The van der Waals surface area contributed by atoms with Gasteiger partial charge in [0, 0.05) is 5.71 Å². The zero-order chi connectivity index (χ0) is 27.7. The Balaban J connectivity index is 0.000000208. The molecule has 2 aromatic rings. The van der Waals surface area contributed by atoms with Crippen molar-refractivity contribution in [1.82, 2.24) is 0 Å². The summed E-state index contributed by atoms with van der Waals surface area (Å²) in [5.74, 6) is -2.39. The molecule has 0 aromatic heterocycles. The number of halogens is 5. The van der Waals surface area contributed by atoms with Crippen LogP contribution in [0.1, 0.15) is 34.6 Å². The van der Waals surface area contributed by atoms with Gasteiger partial charge in [0.05, 0.1) is 33.3 Å². The Morgan fingerprint density at radius 3 is 1.51 bits per heavy atom. The Kier molecular flexibility index (Phi) is 8.70. The van der Waals surface area contributed by atoms with Crippen LogP contribution in [0.25, 0.3) is 0 Å². The topological polar surface area (TPSA) is 65.3 Å². The lowest BCUT2D eigenvalue weighted by Gasteiger charge is -2.18. The minimum Gasteiger partial charge on any atom is -0.272 e. The van der Waals surface area contributed by atoms with E-state index in [1.54, 1.807) is 38.1 Å². The van der Waals surface area contributed by atoms with Gasteiger partial charge < -0.3 is 0 Å². The van der Waals surface area contributed by atoms with Crippen LogP contribution in [0.2, 0.25) is 10.0 Å². The Morgan fingerprint density at radius 1 is 0.757 bits per heavy atom. The minimum absolute atomic E-state index is 0.00519. The average molecular weight is 555 g/mol. The van der Waals surface area contributed by atoms with Crippen LogP contribution in [0.4, 0.5) is 24.5 Å². The van der Waals surface area contributed by atoms with Crippen LogP contribution in [-0.4, -0.2) is 29.4 Å². The summed E-state index contributed by atoms with van der Waals surface area (Å²) in [6.07, 6.45) is -4.64. The molecule has 2 aliphatic heterocycles. The second-order valence-electron chi connectivity index (χ2n) is 9.37. The van der Waals surface area contributed by atoms with Crippen molar-refractivity contribution in [3.63, 3.8) is 0 Å². The highest BCUT2D eigenvalue weighted by molar-refractivity contribution is 6.34. The van der Waals surface area contributed by atoms with Crippen molar-refractivity contribution in [2.45, 2.75) is 40.8 Å². The molecule has 0 radical (unpaired) electrons. The molecule has 0 saturated carbocycles. The number of rotatable bonds is 4. The van der Waals surface area contributed by atoms with Crippen molar-refractivity contribution in [3.05, 3.63) is 58.6 Å². The highest BCUT2D eigenvalue weighted by Crippen LogP contribution is 2.37. The Hall–Kier alpha value is -2.91. The molecule has 2 atom stereocenters. The van der Waals surface area contributed by atoms with E-state index < -0.39 is 29.6 Å². The van der Waals surface area contributed by atoms with Gasteiger partial charge >= 0.3 is 6.18 Å². The molecule has 0 bridgehead atoms. The van der Waals surface area contributed by atoms with E-state index in [4.69, 9.17) is 23.2 Å². The lowest BCUT2D eigenvalue weighted by molar-refractivity contribution is -0.122. The van der Waals surface area contributed by atoms with Crippen LogP contribution in [0.3, 0.4) is 0 Å². The second-order valence-corrected chi connectivity index (χ2v) is 10.2. The maximum atomic E-state index is 13.0. The Morgan fingerprint density at radius 2 is 1.16 bits per heavy atom. The number of benzene rings is 2. The third-order valence-corrected chi connectivity index (χ3v) is 6.58. The van der Waals surface area contributed by atoms with Gasteiger partial charge in [0.15, 0.2) is 5.71 Å². The SMILES string of the molecule is CC(C)C1C(=O)N(c2ccccc2Cl)N=C1C(F)(F)F.CC1=NN(c2ccccc2Cl)C(=O)C1C(C)C. The van der Waals surface area contributed by atoms with E-state index in [1.165, 1.54) is 17.1 Å². The van der Waals surface area contributed by atoms with Gasteiger partial charge in [-0.2, -0.15) is 33.4 Å². The van der Waals surface area contributed by atoms with Crippen LogP contribution < -0.4 is 10.0 Å². The number of hydrogen-bond acceptors (Lipinski definition) is 4. The van der Waals surface area contributed by atoms with Crippen LogP contribution in [0.5, 0.6) is 0 Å². The number of nitrogens with zero attached hydrogens (tertiary/aromatic N) is 4. The molecule has 0 spiro atoms. The van der Waals surface area contributed by atoms with Crippen LogP contribution in [0, 0.1) is 23.7 Å². The lowest BCUT2D eigenvalue weighted by Crippen LogP contribution is -2.36. The molecule has 2 aromatic carbocycles. The summed E-state index contributed by atoms with van der Waals surface area (Å²) in [4.78, 5) is 24.5. The van der Waals surface area contributed by atoms with Crippen LogP contribution >= 0.6 is 23.2 Å². The first-order valence-corrected chi connectivity index (χ1v) is 12.4. The fourth-order valence-corrected chi connectivity index (χ4v) is 4.67. The molecule has 0 N–H and O–H groups in total. The Labute approximate surface area is 223 Å². The highest BCUT2D eigenvalue weighted by Gasteiger charge is 2.51. The van der Waals surface area contributed by atoms with Gasteiger partial charge in [-0.05, 0) is 43.0 Å². The molecular weight excluding hydrogens is 528 g/mol. The van der Waals surface area contributed by atoms with Crippen molar-refractivity contribution in [2.75, 3.05) is 10.0 Å². The van der Waals surface area contributed by atoms with E-state index >= 15 is 0 Å². The summed E-state index contributed by atoms with van der Waals surface area (Å²) in [6, 6.07) is 13.4. The zero-order valence-electron chi connectivity index (χ0n) is 20.9. The lowest BCUT2D eigenvalue weighted by atomic mass is 9.90. The molecule has 2 amide bonds. The van der Waals surface area contributed by atoms with E-state index in [1.807, 2.05) is 32.9 Å². The summed E-state index contributed by atoms with van der Waals surface area (Å²) < 4.78 is 39.0. The van der Waals surface area contributed by atoms with Crippen LogP contribution in [-0.2, 0) is 9.59 Å². The van der Waals surface area contributed by atoms with Gasteiger partial charge in [0.1, 0.15) is 0 Å². The molecule has 37 heavy (non-hydrogen) atoms. The molecule has 6 nitrogen and oxygen atoms in total. The highest BCUT2D eigenvalue weighted by atomic mass is 35.5. The summed E-state index contributed by atoms with van der Waals surface area (Å²) in [6.45, 7) is 9.05. The second kappa shape index (κ2) is 11.2. The van der Waals surface area contributed by atoms with Gasteiger partial charge in [0.25, 0.3) is 11.8 Å². The van der Waals surface area contributed by atoms with Crippen molar-refractivity contribution >= 4 is 57.8 Å². The number of carbonyl (C=O) groups excluding carboxylic acids is 2. The van der Waals surface area contributed by atoms with Gasteiger partial charge in [-0.15, -0.1) is 0 Å². The van der Waals surface area contributed by atoms with E-state index in [2.05, 4.69) is 10.2 Å². The summed E-state index contributed by atoms with van der Waals surface area (Å²) in [5, 5.41) is 10.7. The van der Waals surface area contributed by atoms with Gasteiger partial charge in [-0.3, -0.25) is 9.59 Å². The maximum absolute atomic E-state index is 13.0. The number of hydrazone groups is 2. The third kappa shape index (κ3) is 5.99. The van der Waals surface area contributed by atoms with E-state index in [-0.39, 0.29) is 28.5 Å². The summed E-state index contributed by atoms with van der Waals surface area (Å²) >= 11 is 12.0. The molecule has 4 rings (SSSR count). The number of amides is 2. The number of carbonyl (C=O) groups is 2. The predicted molar refractivity (Wildman–Crippen MR) is 141 cm³/mol. The molecule has 0 fully saturated rings. The molecule has 2 heterocycles. The average Bonchev–Trinajstić information content (AvgIpc) is 3.31. The smallest absolute Gasteiger partial charge is 0.272 e. The van der Waals surface area contributed by atoms with E-state index in [0.717, 1.165) is 10.7 Å². The van der Waals surface area contributed by atoms with Crippen molar-refractivity contribution in [2.24, 2.45) is 33.9 Å². The third-order valence-electron chi connectivity index (χ3n) is 5.94. The van der Waals surface area contributed by atoms with Crippen molar-refractivity contribution in [3.8, 4) is 0 Å². The zero-order valence-corrected chi connectivity index (χ0v) is 22.4. The molecular formula is C26H27Cl2F3N4O2. The minimum atomic E-state index is -4.64. The number of para-hydroxylation sites is 2. The summed E-state index contributed by atoms with van der Waals surface area (Å²) in [5.41, 5.74) is 0.591. The van der Waals surface area contributed by atoms with Gasteiger partial charge in [0.2, 0.25) is 0 Å². The molecule has 2 aliphatic rings. The largest absolute Gasteiger partial charge is 0.432 e. The monoisotopic (exact) mass is 554 g/mol. The van der Waals surface area contributed by atoms with Crippen LogP contribution in [0.15, 0.2) is 58.7 Å². The number of hydrogen-bond donors (Lipinski definition) is 0. The standard InChI is InChI=1S/C13H12ClF3N2O.C13H15ClN2O/c1-7(2)10-11(13(15,16)17)18-19(12(10)20)9-6-4-3-5-8(9)14;1-8(2)12-9(3)15-16(13(12)17)11-7-5-4-6-10(11)14/h3-7,10H,1-2H3;4-8,12H,1-3H3. The first-order chi connectivity index (χ1) is 17.3. The normalized spacial score (nSPS) is 19.9. The molecule has 0 aliphatic carbocycles. The van der Waals surface area contributed by atoms with Gasteiger partial charge in [-0.1, -0.05) is 75.2 Å². The predicted octanol–water partition coefficient (Wildman–Crippen LogP) is 7.21. The Bertz CT molecular complexity index is 1240. The summed E-state index contributed by atoms with van der Waals surface area (Å²) in [7, 11) is 0. The molecule has 2 unspecified atom stereocenters. The van der Waals surface area contributed by atoms with E-state index in [0.29, 0.717) is 10.7 Å². The molecule has 11 heteroatoms. The van der Waals surface area contributed by atoms with Crippen molar-refractivity contribution in [1.29, 1.82) is 0 Å². The molecule has 198 valence electrons. The fraction of sp³-hybridized carbons (Fsp3) is 0.385. The first kappa shape index (κ1) is 28.7.